The van der Waals surface area contributed by atoms with E-state index < -0.39 is 27.8 Å². The predicted octanol–water partition coefficient (Wildman–Crippen LogP) is 0.248. The number of sulfonamides is 1. The summed E-state index contributed by atoms with van der Waals surface area (Å²) in [6, 6.07) is 0.884. The summed E-state index contributed by atoms with van der Waals surface area (Å²) >= 11 is 0. The predicted molar refractivity (Wildman–Crippen MR) is 64.9 cm³/mol. The van der Waals surface area contributed by atoms with Gasteiger partial charge in [-0.2, -0.15) is 4.31 Å². The fourth-order valence-electron chi connectivity index (χ4n) is 2.26. The maximum Gasteiger partial charge on any atom is 0.261 e. The Labute approximate surface area is 110 Å². The van der Waals surface area contributed by atoms with Gasteiger partial charge in [-0.15, -0.1) is 0 Å². The summed E-state index contributed by atoms with van der Waals surface area (Å²) in [7, 11) is -3.94. The van der Waals surface area contributed by atoms with E-state index in [4.69, 9.17) is 5.73 Å². The van der Waals surface area contributed by atoms with Gasteiger partial charge in [0.05, 0.1) is 6.20 Å². The van der Waals surface area contributed by atoms with Crippen molar-refractivity contribution in [1.82, 2.24) is 9.29 Å². The zero-order chi connectivity index (χ0) is 14.2. The zero-order valence-electron chi connectivity index (χ0n) is 10.3. The fourth-order valence-corrected chi connectivity index (χ4v) is 4.02. The average molecular weight is 287 g/mol. The van der Waals surface area contributed by atoms with E-state index in [1.54, 1.807) is 6.92 Å². The number of aromatic nitrogens is 1. The number of nitrogens with zero attached hydrogens (tertiary/aromatic N) is 2. The van der Waals surface area contributed by atoms with Crippen LogP contribution in [0.3, 0.4) is 0 Å². The minimum Gasteiger partial charge on any atom is -0.368 e. The van der Waals surface area contributed by atoms with Crippen LogP contribution in [-0.4, -0.2) is 35.7 Å². The topological polar surface area (TPSA) is 93.4 Å². The van der Waals surface area contributed by atoms with Crippen LogP contribution in [0.5, 0.6) is 0 Å². The molecule has 2 rings (SSSR count). The van der Waals surface area contributed by atoms with Gasteiger partial charge in [0, 0.05) is 6.04 Å². The summed E-state index contributed by atoms with van der Waals surface area (Å²) in [4.78, 5) is 14.9. The van der Waals surface area contributed by atoms with E-state index in [0.717, 1.165) is 22.6 Å². The van der Waals surface area contributed by atoms with Gasteiger partial charge in [0.2, 0.25) is 5.91 Å². The molecule has 0 spiro atoms. The lowest BCUT2D eigenvalue weighted by Crippen LogP contribution is -2.46. The third-order valence-electron chi connectivity index (χ3n) is 3.17. The normalized spacial score (nSPS) is 24.5. The highest BCUT2D eigenvalue weighted by Gasteiger charge is 2.43. The first-order valence-corrected chi connectivity index (χ1v) is 7.22. The van der Waals surface area contributed by atoms with E-state index in [0.29, 0.717) is 12.8 Å². The summed E-state index contributed by atoms with van der Waals surface area (Å²) < 4.78 is 38.7. The van der Waals surface area contributed by atoms with E-state index >= 15 is 0 Å². The molecule has 1 aliphatic rings. The molecule has 1 fully saturated rings. The fraction of sp³-hybridized carbons (Fsp3) is 0.455. The van der Waals surface area contributed by atoms with Crippen LogP contribution in [0.4, 0.5) is 4.39 Å². The van der Waals surface area contributed by atoms with E-state index in [2.05, 4.69) is 4.98 Å². The Kier molecular flexibility index (Phi) is 3.55. The Morgan fingerprint density at radius 1 is 1.47 bits per heavy atom. The number of rotatable bonds is 3. The van der Waals surface area contributed by atoms with Crippen LogP contribution >= 0.6 is 0 Å². The van der Waals surface area contributed by atoms with Crippen molar-refractivity contribution in [3.63, 3.8) is 0 Å². The van der Waals surface area contributed by atoms with Crippen molar-refractivity contribution in [2.24, 2.45) is 5.73 Å². The molecule has 0 saturated carbocycles. The Bertz CT molecular complexity index is 588. The maximum atomic E-state index is 12.8. The highest BCUT2D eigenvalue weighted by atomic mass is 32.2. The minimum absolute atomic E-state index is 0.283. The van der Waals surface area contributed by atoms with Gasteiger partial charge >= 0.3 is 0 Å². The number of halogens is 1. The monoisotopic (exact) mass is 287 g/mol. The minimum atomic E-state index is -3.94. The molecule has 19 heavy (non-hydrogen) atoms. The van der Waals surface area contributed by atoms with Crippen molar-refractivity contribution >= 4 is 15.9 Å². The molecule has 0 aliphatic carbocycles. The highest BCUT2D eigenvalue weighted by molar-refractivity contribution is 7.89. The summed E-state index contributed by atoms with van der Waals surface area (Å²) in [5.41, 5.74) is 5.22. The van der Waals surface area contributed by atoms with Gasteiger partial charge < -0.3 is 5.73 Å². The molecule has 2 heterocycles. The van der Waals surface area contributed by atoms with Gasteiger partial charge in [-0.25, -0.2) is 17.8 Å². The number of carbonyl (C=O) groups is 1. The Balaban J connectivity index is 2.43. The molecule has 2 N–H and O–H groups in total. The SMILES string of the molecule is CC1CCC(C(N)=O)N1S(=O)(=O)c1ccc(F)cn1. The molecule has 1 amide bonds. The van der Waals surface area contributed by atoms with Crippen molar-refractivity contribution in [3.8, 4) is 0 Å². The molecule has 0 radical (unpaired) electrons. The first-order valence-electron chi connectivity index (χ1n) is 5.78. The maximum absolute atomic E-state index is 12.8. The standard InChI is InChI=1S/C11H14FN3O3S/c1-7-2-4-9(11(13)16)15(7)19(17,18)10-5-3-8(12)6-14-10/h3,5-7,9H,2,4H2,1H3,(H2,13,16). The van der Waals surface area contributed by atoms with E-state index in [9.17, 15) is 17.6 Å². The van der Waals surface area contributed by atoms with Crippen LogP contribution in [0.25, 0.3) is 0 Å². The smallest absolute Gasteiger partial charge is 0.261 e. The lowest BCUT2D eigenvalue weighted by Gasteiger charge is -2.25. The lowest BCUT2D eigenvalue weighted by molar-refractivity contribution is -0.121. The number of carbonyl (C=O) groups excluding carboxylic acids is 1. The molecule has 1 aromatic rings. The zero-order valence-corrected chi connectivity index (χ0v) is 11.1. The Morgan fingerprint density at radius 3 is 2.68 bits per heavy atom. The van der Waals surface area contributed by atoms with Crippen LogP contribution in [0.1, 0.15) is 19.8 Å². The molecular formula is C11H14FN3O3S. The van der Waals surface area contributed by atoms with Crippen LogP contribution in [0.2, 0.25) is 0 Å². The second-order valence-corrected chi connectivity index (χ2v) is 6.28. The van der Waals surface area contributed by atoms with Crippen molar-refractivity contribution in [2.75, 3.05) is 0 Å². The molecule has 104 valence electrons. The number of pyridine rings is 1. The highest BCUT2D eigenvalue weighted by Crippen LogP contribution is 2.30. The largest absolute Gasteiger partial charge is 0.368 e. The Hall–Kier alpha value is -1.54. The van der Waals surface area contributed by atoms with Crippen LogP contribution < -0.4 is 5.73 Å². The summed E-state index contributed by atoms with van der Waals surface area (Å²) in [6.45, 7) is 1.70. The number of nitrogens with two attached hydrogens (primary N) is 1. The summed E-state index contributed by atoms with van der Waals surface area (Å²) in [5, 5.41) is -0.283. The van der Waals surface area contributed by atoms with Crippen LogP contribution in [0, 0.1) is 5.82 Å². The van der Waals surface area contributed by atoms with Gasteiger partial charge in [-0.05, 0) is 31.9 Å². The second-order valence-electron chi connectivity index (χ2n) is 4.49. The number of hydrogen-bond acceptors (Lipinski definition) is 4. The van der Waals surface area contributed by atoms with Gasteiger partial charge in [0.25, 0.3) is 10.0 Å². The van der Waals surface area contributed by atoms with Crippen molar-refractivity contribution < 1.29 is 17.6 Å². The first kappa shape index (κ1) is 13.9. The lowest BCUT2D eigenvalue weighted by atomic mass is 10.2. The molecule has 0 bridgehead atoms. The van der Waals surface area contributed by atoms with Crippen molar-refractivity contribution in [1.29, 1.82) is 0 Å². The Morgan fingerprint density at radius 2 is 2.16 bits per heavy atom. The summed E-state index contributed by atoms with van der Waals surface area (Å²) in [6.07, 6.45) is 1.76. The molecule has 6 nitrogen and oxygen atoms in total. The van der Waals surface area contributed by atoms with Gasteiger partial charge in [-0.3, -0.25) is 4.79 Å². The molecule has 1 saturated heterocycles. The quantitative estimate of drug-likeness (QED) is 0.862. The van der Waals surface area contributed by atoms with Crippen molar-refractivity contribution in [3.05, 3.63) is 24.1 Å². The third kappa shape index (κ3) is 2.45. The van der Waals surface area contributed by atoms with Crippen LogP contribution in [-0.2, 0) is 14.8 Å². The van der Waals surface area contributed by atoms with E-state index in [1.165, 1.54) is 0 Å². The van der Waals surface area contributed by atoms with E-state index in [1.807, 2.05) is 0 Å². The second kappa shape index (κ2) is 4.86. The average Bonchev–Trinajstić information content (AvgIpc) is 2.72. The number of hydrogen-bond donors (Lipinski definition) is 1. The molecule has 1 aliphatic heterocycles. The molecule has 2 unspecified atom stereocenters. The third-order valence-corrected chi connectivity index (χ3v) is 5.11. The molecule has 2 atom stereocenters. The molecule has 8 heteroatoms. The van der Waals surface area contributed by atoms with Crippen LogP contribution in [0.15, 0.2) is 23.4 Å². The molecule has 0 aromatic carbocycles. The summed E-state index contributed by atoms with van der Waals surface area (Å²) in [5.74, 6) is -1.31. The molecule has 1 aromatic heterocycles. The van der Waals surface area contributed by atoms with Gasteiger partial charge in [0.15, 0.2) is 5.03 Å². The van der Waals surface area contributed by atoms with E-state index in [-0.39, 0.29) is 11.1 Å². The number of primary amides is 1. The van der Waals surface area contributed by atoms with Crippen molar-refractivity contribution in [2.45, 2.75) is 36.9 Å². The first-order chi connectivity index (χ1) is 8.84. The van der Waals surface area contributed by atoms with Gasteiger partial charge in [0.1, 0.15) is 11.9 Å². The number of amides is 1. The van der Waals surface area contributed by atoms with Gasteiger partial charge in [-0.1, -0.05) is 0 Å². The molecular weight excluding hydrogens is 273 g/mol.